The van der Waals surface area contributed by atoms with Crippen LogP contribution in [0, 0.1) is 11.3 Å². The molecule has 0 saturated heterocycles. The molecule has 1 aromatic rings. The SMILES string of the molecule is COc1ccccc1NC(=O)[C@H]1CC=CC[C@@]1(C)C(=O)[O-]. The van der Waals surface area contributed by atoms with Crippen molar-refractivity contribution in [2.75, 3.05) is 12.4 Å². The van der Waals surface area contributed by atoms with Gasteiger partial charge in [-0.05, 0) is 25.0 Å². The molecule has 1 aromatic carbocycles. The Hall–Kier alpha value is -2.30. The van der Waals surface area contributed by atoms with E-state index < -0.39 is 17.3 Å². The molecule has 0 heterocycles. The number of methoxy groups -OCH3 is 1. The van der Waals surface area contributed by atoms with Gasteiger partial charge in [0.25, 0.3) is 0 Å². The highest BCUT2D eigenvalue weighted by atomic mass is 16.5. The summed E-state index contributed by atoms with van der Waals surface area (Å²) in [5.74, 6) is -1.67. The van der Waals surface area contributed by atoms with Crippen molar-refractivity contribution in [3.63, 3.8) is 0 Å². The van der Waals surface area contributed by atoms with Crippen LogP contribution in [0.15, 0.2) is 36.4 Å². The molecule has 2 rings (SSSR count). The number of carboxylic acid groups (broad SMARTS) is 1. The Kier molecular flexibility index (Phi) is 4.31. The molecule has 0 radical (unpaired) electrons. The number of carbonyl (C=O) groups is 2. The molecule has 1 aliphatic carbocycles. The number of aliphatic carboxylic acids is 1. The fourth-order valence-corrected chi connectivity index (χ4v) is 2.55. The van der Waals surface area contributed by atoms with E-state index in [1.807, 2.05) is 6.08 Å². The van der Waals surface area contributed by atoms with Crippen LogP contribution in [0.2, 0.25) is 0 Å². The van der Waals surface area contributed by atoms with Crippen LogP contribution in [-0.4, -0.2) is 19.0 Å². The molecule has 0 unspecified atom stereocenters. The summed E-state index contributed by atoms with van der Waals surface area (Å²) in [6, 6.07) is 7.01. The topological polar surface area (TPSA) is 78.5 Å². The predicted molar refractivity (Wildman–Crippen MR) is 76.6 cm³/mol. The largest absolute Gasteiger partial charge is 0.550 e. The van der Waals surface area contributed by atoms with E-state index in [0.717, 1.165) is 0 Å². The van der Waals surface area contributed by atoms with Crippen molar-refractivity contribution in [1.82, 2.24) is 0 Å². The molecule has 1 aliphatic rings. The average Bonchev–Trinajstić information content (AvgIpc) is 2.48. The van der Waals surface area contributed by atoms with Crippen molar-refractivity contribution in [3.05, 3.63) is 36.4 Å². The van der Waals surface area contributed by atoms with E-state index in [-0.39, 0.29) is 5.91 Å². The Morgan fingerprint density at radius 1 is 1.33 bits per heavy atom. The fourth-order valence-electron chi connectivity index (χ4n) is 2.55. The van der Waals surface area contributed by atoms with Gasteiger partial charge in [-0.3, -0.25) is 4.79 Å². The highest BCUT2D eigenvalue weighted by molar-refractivity contribution is 5.97. The molecule has 0 fully saturated rings. The Labute approximate surface area is 123 Å². The first-order valence-corrected chi connectivity index (χ1v) is 6.79. The van der Waals surface area contributed by atoms with Gasteiger partial charge in [0.1, 0.15) is 5.75 Å². The normalized spacial score (nSPS) is 24.4. The Bertz CT molecular complexity index is 581. The minimum atomic E-state index is -1.20. The Balaban J connectivity index is 2.23. The molecular formula is C16H18NO4-. The van der Waals surface area contributed by atoms with E-state index in [1.54, 1.807) is 37.3 Å². The zero-order valence-corrected chi connectivity index (χ0v) is 12.1. The lowest BCUT2D eigenvalue weighted by molar-refractivity contribution is -0.320. The second kappa shape index (κ2) is 5.99. The molecule has 0 aromatic heterocycles. The third-order valence-corrected chi connectivity index (χ3v) is 4.00. The van der Waals surface area contributed by atoms with E-state index in [0.29, 0.717) is 24.3 Å². The number of rotatable bonds is 4. The minimum absolute atomic E-state index is 0.291. The van der Waals surface area contributed by atoms with E-state index >= 15 is 0 Å². The van der Waals surface area contributed by atoms with Gasteiger partial charge >= 0.3 is 0 Å². The van der Waals surface area contributed by atoms with Gasteiger partial charge in [-0.2, -0.15) is 0 Å². The van der Waals surface area contributed by atoms with Crippen LogP contribution in [0.4, 0.5) is 5.69 Å². The lowest BCUT2D eigenvalue weighted by atomic mass is 9.69. The molecule has 112 valence electrons. The van der Waals surface area contributed by atoms with Crippen molar-refractivity contribution < 1.29 is 19.4 Å². The summed E-state index contributed by atoms with van der Waals surface area (Å²) in [4.78, 5) is 23.9. The predicted octanol–water partition coefficient (Wildman–Crippen LogP) is 1.36. The third kappa shape index (κ3) is 2.91. The maximum Gasteiger partial charge on any atom is 0.228 e. The van der Waals surface area contributed by atoms with E-state index in [2.05, 4.69) is 5.32 Å². The summed E-state index contributed by atoms with van der Waals surface area (Å²) >= 11 is 0. The first-order chi connectivity index (χ1) is 9.99. The number of amides is 1. The highest BCUT2D eigenvalue weighted by Gasteiger charge is 2.40. The summed E-state index contributed by atoms with van der Waals surface area (Å²) in [5.41, 5.74) is -0.666. The smallest absolute Gasteiger partial charge is 0.228 e. The molecule has 0 spiro atoms. The number of hydrogen-bond donors (Lipinski definition) is 1. The minimum Gasteiger partial charge on any atom is -0.550 e. The number of hydrogen-bond acceptors (Lipinski definition) is 4. The summed E-state index contributed by atoms with van der Waals surface area (Å²) in [6.07, 6.45) is 4.28. The zero-order chi connectivity index (χ0) is 15.5. The second-order valence-electron chi connectivity index (χ2n) is 5.36. The number of carbonyl (C=O) groups excluding carboxylic acids is 2. The van der Waals surface area contributed by atoms with Crippen LogP contribution < -0.4 is 15.2 Å². The molecule has 0 saturated carbocycles. The number of benzene rings is 1. The lowest BCUT2D eigenvalue weighted by Gasteiger charge is -2.38. The number of carboxylic acids is 1. The first kappa shape index (κ1) is 15.1. The van der Waals surface area contributed by atoms with Gasteiger partial charge in [-0.1, -0.05) is 31.2 Å². The highest BCUT2D eigenvalue weighted by Crippen LogP contribution is 2.38. The molecule has 21 heavy (non-hydrogen) atoms. The molecule has 5 nitrogen and oxygen atoms in total. The standard InChI is InChI=1S/C16H19NO4/c1-16(15(19)20)10-6-5-7-11(16)14(18)17-12-8-3-4-9-13(12)21-2/h3-6,8-9,11H,7,10H2,1-2H3,(H,17,18)(H,19,20)/p-1/t11-,16-/m1/s1. The van der Waals surface area contributed by atoms with Crippen LogP contribution in [0.1, 0.15) is 19.8 Å². The van der Waals surface area contributed by atoms with E-state index in [9.17, 15) is 14.7 Å². The monoisotopic (exact) mass is 288 g/mol. The van der Waals surface area contributed by atoms with Gasteiger partial charge in [-0.25, -0.2) is 0 Å². The van der Waals surface area contributed by atoms with Gasteiger partial charge in [0.05, 0.1) is 18.7 Å². The van der Waals surface area contributed by atoms with Gasteiger partial charge < -0.3 is 20.0 Å². The molecule has 2 atom stereocenters. The molecule has 5 heteroatoms. The van der Waals surface area contributed by atoms with Crippen LogP contribution in [0.5, 0.6) is 5.75 Å². The maximum absolute atomic E-state index is 12.5. The Morgan fingerprint density at radius 2 is 2.05 bits per heavy atom. The van der Waals surface area contributed by atoms with Crippen LogP contribution >= 0.6 is 0 Å². The van der Waals surface area contributed by atoms with Crippen molar-refractivity contribution >= 4 is 17.6 Å². The quantitative estimate of drug-likeness (QED) is 0.848. The van der Waals surface area contributed by atoms with Crippen LogP contribution in [0.25, 0.3) is 0 Å². The number of nitrogens with one attached hydrogen (secondary N) is 1. The summed E-state index contributed by atoms with van der Waals surface area (Å²) < 4.78 is 5.18. The van der Waals surface area contributed by atoms with Gasteiger partial charge in [0, 0.05) is 11.4 Å². The number of ether oxygens (including phenoxy) is 1. The number of anilines is 1. The molecule has 1 N–H and O–H groups in total. The van der Waals surface area contributed by atoms with Crippen molar-refractivity contribution in [3.8, 4) is 5.75 Å². The summed E-state index contributed by atoms with van der Waals surface area (Å²) in [5, 5.41) is 14.2. The maximum atomic E-state index is 12.5. The second-order valence-corrected chi connectivity index (χ2v) is 5.36. The van der Waals surface area contributed by atoms with E-state index in [4.69, 9.17) is 4.74 Å². The molecule has 0 aliphatic heterocycles. The lowest BCUT2D eigenvalue weighted by Crippen LogP contribution is -2.49. The van der Waals surface area contributed by atoms with Crippen LogP contribution in [0.3, 0.4) is 0 Å². The average molecular weight is 288 g/mol. The van der Waals surface area contributed by atoms with E-state index in [1.165, 1.54) is 7.11 Å². The van der Waals surface area contributed by atoms with Crippen molar-refractivity contribution in [2.24, 2.45) is 11.3 Å². The fraction of sp³-hybridized carbons (Fsp3) is 0.375. The zero-order valence-electron chi connectivity index (χ0n) is 12.1. The Morgan fingerprint density at radius 3 is 2.71 bits per heavy atom. The van der Waals surface area contributed by atoms with Crippen molar-refractivity contribution in [2.45, 2.75) is 19.8 Å². The molecular weight excluding hydrogens is 270 g/mol. The van der Waals surface area contributed by atoms with Gasteiger partial charge in [-0.15, -0.1) is 0 Å². The van der Waals surface area contributed by atoms with Crippen LogP contribution in [-0.2, 0) is 9.59 Å². The molecule has 0 bridgehead atoms. The number of allylic oxidation sites excluding steroid dienone is 2. The van der Waals surface area contributed by atoms with Gasteiger partial charge in [0.2, 0.25) is 5.91 Å². The third-order valence-electron chi connectivity index (χ3n) is 4.00. The summed E-state index contributed by atoms with van der Waals surface area (Å²) in [7, 11) is 1.51. The number of para-hydroxylation sites is 2. The first-order valence-electron chi connectivity index (χ1n) is 6.79. The van der Waals surface area contributed by atoms with Gasteiger partial charge in [0.15, 0.2) is 0 Å². The molecule has 1 amide bonds. The van der Waals surface area contributed by atoms with Crippen molar-refractivity contribution in [1.29, 1.82) is 0 Å². The summed E-state index contributed by atoms with van der Waals surface area (Å²) in [6.45, 7) is 1.55.